The van der Waals surface area contributed by atoms with E-state index in [1.807, 2.05) is 11.4 Å². The lowest BCUT2D eigenvalue weighted by molar-refractivity contribution is -0.139. The number of nitrogens with zero attached hydrogens (tertiary/aromatic N) is 4. The minimum absolute atomic E-state index is 0.0368. The van der Waals surface area contributed by atoms with Crippen LogP contribution in [0.3, 0.4) is 0 Å². The molecule has 3 heterocycles. The van der Waals surface area contributed by atoms with Crippen LogP contribution in [0.5, 0.6) is 5.75 Å². The predicted octanol–water partition coefficient (Wildman–Crippen LogP) is 4.81. The molecule has 2 saturated carbocycles. The summed E-state index contributed by atoms with van der Waals surface area (Å²) < 4.78 is 6.71. The number of alkyl halides is 2. The van der Waals surface area contributed by atoms with Crippen molar-refractivity contribution >= 4 is 62.9 Å². The smallest absolute Gasteiger partial charge is 0.245 e. The van der Waals surface area contributed by atoms with E-state index in [1.165, 1.54) is 18.3 Å². The van der Waals surface area contributed by atoms with Gasteiger partial charge in [0.15, 0.2) is 11.6 Å². The Kier molecular flexibility index (Phi) is 6.28. The Morgan fingerprint density at radius 3 is 2.76 bits per heavy atom. The number of fused-ring (bicyclic) bond motifs is 2. The number of carbonyl (C=O) groups is 3. The van der Waals surface area contributed by atoms with Crippen molar-refractivity contribution in [3.8, 4) is 5.75 Å². The molecule has 1 aromatic carbocycles. The minimum atomic E-state index is -0.700. The molecule has 194 valence electrons. The van der Waals surface area contributed by atoms with Crippen LogP contribution in [0.25, 0.3) is 10.9 Å². The number of amides is 1. The van der Waals surface area contributed by atoms with Crippen molar-refractivity contribution in [3.63, 3.8) is 0 Å². The monoisotopic (exact) mass is 560 g/mol. The first kappa shape index (κ1) is 24.8. The number of thiazole rings is 1. The van der Waals surface area contributed by atoms with Crippen molar-refractivity contribution in [2.75, 3.05) is 0 Å². The first-order valence-corrected chi connectivity index (χ1v) is 14.1. The summed E-state index contributed by atoms with van der Waals surface area (Å²) in [5.41, 5.74) is 3.53. The summed E-state index contributed by atoms with van der Waals surface area (Å²) in [6.07, 6.45) is 3.39. The van der Waals surface area contributed by atoms with Gasteiger partial charge in [0.25, 0.3) is 0 Å². The van der Waals surface area contributed by atoms with Gasteiger partial charge >= 0.3 is 0 Å². The maximum Gasteiger partial charge on any atom is 0.245 e. The molecule has 4 atom stereocenters. The lowest BCUT2D eigenvalue weighted by Gasteiger charge is -2.27. The second-order valence-electron chi connectivity index (χ2n) is 10.3. The van der Waals surface area contributed by atoms with Crippen LogP contribution in [0.4, 0.5) is 0 Å². The molecule has 1 aliphatic heterocycles. The van der Waals surface area contributed by atoms with E-state index < -0.39 is 10.4 Å². The Morgan fingerprint density at radius 2 is 2.05 bits per heavy atom. The number of likely N-dealkylation sites (tertiary alicyclic amines) is 1. The molecule has 1 amide bonds. The van der Waals surface area contributed by atoms with Gasteiger partial charge < -0.3 is 9.64 Å². The molecular formula is C26H26Cl2N4O4S. The average Bonchev–Trinajstić information content (AvgIpc) is 3.47. The van der Waals surface area contributed by atoms with E-state index in [2.05, 4.69) is 10.1 Å². The number of carbonyl (C=O) groups excluding carboxylic acids is 3. The van der Waals surface area contributed by atoms with Crippen molar-refractivity contribution in [2.24, 2.45) is 11.8 Å². The quantitative estimate of drug-likeness (QED) is 0.261. The summed E-state index contributed by atoms with van der Waals surface area (Å²) in [5, 5.41) is 7.03. The number of benzene rings is 1. The standard InChI is InChI=1S/C26H26Cl2N4O4S/c1-14(33)25-19-8-18(36-11-17-12-37-13-29-17)3-4-20(19)31(30-25)10-24(35)32-21-6-15(21)7-22(32)23(34)5-2-16-9-26(16,27)28/h3-4,8,12-13,15-16,21-22H,2,5-7,9-11H2,1H3/t15-,16+,21-,22+/m1/s1. The molecule has 0 spiro atoms. The number of ketones is 2. The molecule has 3 aromatic rings. The van der Waals surface area contributed by atoms with Gasteiger partial charge in [-0.2, -0.15) is 5.10 Å². The van der Waals surface area contributed by atoms with Gasteiger partial charge in [-0.05, 0) is 55.7 Å². The Balaban J connectivity index is 1.18. The van der Waals surface area contributed by atoms with Gasteiger partial charge in [-0.25, -0.2) is 4.98 Å². The van der Waals surface area contributed by atoms with E-state index in [0.717, 1.165) is 12.1 Å². The normalized spacial score (nSPS) is 25.2. The van der Waals surface area contributed by atoms with E-state index in [1.54, 1.807) is 27.2 Å². The molecule has 0 bridgehead atoms. The lowest BCUT2D eigenvalue weighted by Crippen LogP contribution is -2.44. The number of ether oxygens (including phenoxy) is 1. The number of halogens is 2. The molecule has 0 N–H and O–H groups in total. The molecular weight excluding hydrogens is 535 g/mol. The number of hydrogen-bond donors (Lipinski definition) is 0. The first-order chi connectivity index (χ1) is 17.7. The van der Waals surface area contributed by atoms with Gasteiger partial charge in [-0.1, -0.05) is 0 Å². The molecule has 2 aliphatic carbocycles. The van der Waals surface area contributed by atoms with E-state index in [4.69, 9.17) is 27.9 Å². The van der Waals surface area contributed by atoms with E-state index >= 15 is 0 Å². The zero-order valence-electron chi connectivity index (χ0n) is 20.2. The zero-order chi connectivity index (χ0) is 25.9. The number of piperidine rings is 1. The molecule has 2 aromatic heterocycles. The van der Waals surface area contributed by atoms with Gasteiger partial charge in [0.1, 0.15) is 28.9 Å². The van der Waals surface area contributed by atoms with Crippen molar-refractivity contribution in [1.82, 2.24) is 19.7 Å². The molecule has 8 nitrogen and oxygen atoms in total. The Hall–Kier alpha value is -2.49. The molecule has 3 fully saturated rings. The Bertz CT molecular complexity index is 1390. The first-order valence-electron chi connectivity index (χ1n) is 12.4. The predicted molar refractivity (Wildman–Crippen MR) is 140 cm³/mol. The largest absolute Gasteiger partial charge is 0.487 e. The zero-order valence-corrected chi connectivity index (χ0v) is 22.6. The van der Waals surface area contributed by atoms with E-state index in [9.17, 15) is 14.4 Å². The van der Waals surface area contributed by atoms with Crippen molar-refractivity contribution in [2.45, 2.75) is 68.6 Å². The fourth-order valence-corrected chi connectivity index (χ4v) is 6.61. The van der Waals surface area contributed by atoms with Crippen LogP contribution >= 0.6 is 34.5 Å². The fourth-order valence-electron chi connectivity index (χ4n) is 5.47. The molecule has 11 heteroatoms. The van der Waals surface area contributed by atoms with Crippen LogP contribution in [-0.4, -0.2) is 53.6 Å². The highest BCUT2D eigenvalue weighted by molar-refractivity contribution is 7.07. The maximum absolute atomic E-state index is 13.5. The summed E-state index contributed by atoms with van der Waals surface area (Å²) in [6, 6.07) is 5.09. The van der Waals surface area contributed by atoms with Gasteiger partial charge in [0.2, 0.25) is 5.91 Å². The summed E-state index contributed by atoms with van der Waals surface area (Å²) in [5.74, 6) is 0.858. The van der Waals surface area contributed by atoms with E-state index in [0.29, 0.717) is 54.9 Å². The third-order valence-corrected chi connectivity index (χ3v) is 9.23. The number of Topliss-reactive ketones (excluding diaryl/α,β-unsaturated/α-hetero) is 2. The third kappa shape index (κ3) is 4.89. The van der Waals surface area contributed by atoms with Crippen LogP contribution in [0.2, 0.25) is 0 Å². The third-order valence-electron chi connectivity index (χ3n) is 7.67. The molecule has 6 rings (SSSR count). The molecule has 0 unspecified atom stereocenters. The SMILES string of the molecule is CC(=O)c1nn(CC(=O)N2[C@@H]3C[C@@H]3C[C@H]2C(=O)CC[C@H]2CC2(Cl)Cl)c2ccc(OCc3cscn3)cc12. The molecule has 1 saturated heterocycles. The number of aromatic nitrogens is 3. The summed E-state index contributed by atoms with van der Waals surface area (Å²) in [6.45, 7) is 1.74. The highest BCUT2D eigenvalue weighted by Gasteiger charge is 2.56. The van der Waals surface area contributed by atoms with Crippen LogP contribution in [0.1, 0.15) is 55.2 Å². The Morgan fingerprint density at radius 1 is 1.24 bits per heavy atom. The van der Waals surface area contributed by atoms with Crippen LogP contribution in [0.15, 0.2) is 29.1 Å². The second-order valence-corrected chi connectivity index (χ2v) is 12.6. The van der Waals surface area contributed by atoms with Gasteiger partial charge in [0, 0.05) is 30.2 Å². The Labute approximate surface area is 227 Å². The number of hydrogen-bond acceptors (Lipinski definition) is 7. The van der Waals surface area contributed by atoms with Crippen molar-refractivity contribution in [3.05, 3.63) is 40.5 Å². The highest BCUT2D eigenvalue weighted by Crippen LogP contribution is 2.55. The van der Waals surface area contributed by atoms with Gasteiger partial charge in [0.05, 0.1) is 22.8 Å². The van der Waals surface area contributed by atoms with E-state index in [-0.39, 0.29) is 41.7 Å². The molecule has 0 radical (unpaired) electrons. The molecule has 37 heavy (non-hydrogen) atoms. The fraction of sp³-hybridized carbons (Fsp3) is 0.500. The average molecular weight is 561 g/mol. The van der Waals surface area contributed by atoms with Crippen molar-refractivity contribution in [1.29, 1.82) is 0 Å². The van der Waals surface area contributed by atoms with Gasteiger partial charge in [-0.15, -0.1) is 34.5 Å². The second kappa shape index (κ2) is 9.36. The maximum atomic E-state index is 13.5. The van der Waals surface area contributed by atoms with Crippen LogP contribution in [-0.2, 0) is 22.7 Å². The summed E-state index contributed by atoms with van der Waals surface area (Å²) in [7, 11) is 0. The van der Waals surface area contributed by atoms with Crippen molar-refractivity contribution < 1.29 is 19.1 Å². The number of rotatable bonds is 10. The topological polar surface area (TPSA) is 94.4 Å². The highest BCUT2D eigenvalue weighted by atomic mass is 35.5. The lowest BCUT2D eigenvalue weighted by atomic mass is 10.0. The van der Waals surface area contributed by atoms with Crippen LogP contribution in [0, 0.1) is 11.8 Å². The minimum Gasteiger partial charge on any atom is -0.487 e. The van der Waals surface area contributed by atoms with Gasteiger partial charge in [-0.3, -0.25) is 19.1 Å². The summed E-state index contributed by atoms with van der Waals surface area (Å²) >= 11 is 13.7. The van der Waals surface area contributed by atoms with Crippen LogP contribution < -0.4 is 4.74 Å². The summed E-state index contributed by atoms with van der Waals surface area (Å²) in [4.78, 5) is 44.9. The molecule has 3 aliphatic rings.